The molecule has 2 aromatic heterocycles. The number of benzene rings is 1. The van der Waals surface area contributed by atoms with Crippen molar-refractivity contribution in [2.24, 2.45) is 0 Å². The largest absolute Gasteiger partial charge is 0.486 e. The van der Waals surface area contributed by atoms with Gasteiger partial charge < -0.3 is 14.2 Å². The van der Waals surface area contributed by atoms with Crippen LogP contribution < -0.4 is 13.8 Å². The van der Waals surface area contributed by atoms with Crippen molar-refractivity contribution in [3.63, 3.8) is 0 Å². The fourth-order valence-electron chi connectivity index (χ4n) is 3.97. The number of anilines is 1. The van der Waals surface area contributed by atoms with E-state index in [-0.39, 0.29) is 42.5 Å². The number of esters is 1. The minimum Gasteiger partial charge on any atom is -0.486 e. The molecule has 0 amide bonds. The average molecular weight is 545 g/mol. The summed E-state index contributed by atoms with van der Waals surface area (Å²) in [7, 11) is -2.86. The van der Waals surface area contributed by atoms with Crippen LogP contribution in [0.25, 0.3) is 12.2 Å². The number of hydrogen-bond acceptors (Lipinski definition) is 8. The van der Waals surface area contributed by atoms with E-state index in [1.165, 1.54) is 46.7 Å². The number of nitrogens with zero attached hydrogens (tertiary/aromatic N) is 4. The maximum atomic E-state index is 14.0. The van der Waals surface area contributed by atoms with Crippen molar-refractivity contribution in [3.05, 3.63) is 59.8 Å². The van der Waals surface area contributed by atoms with Crippen molar-refractivity contribution in [2.45, 2.75) is 44.2 Å². The van der Waals surface area contributed by atoms with E-state index in [0.29, 0.717) is 23.5 Å². The standard InChI is InChI=1S/C26H29FN4O6S/c1-4-30-17-24(26(29-30)36-5-2)38(33,34)31-16-19(10-13-25(32)35-3)37-23-12-9-18(15-22(23)31)8-11-21-20(27)7-6-14-28-21/h6-9,11-12,14-15,17,19H,4-5,10,13,16H2,1-3H3. The number of rotatable bonds is 10. The Morgan fingerprint density at radius 3 is 2.79 bits per heavy atom. The molecule has 1 aliphatic rings. The number of methoxy groups -OCH3 is 1. The fourth-order valence-corrected chi connectivity index (χ4v) is 5.54. The molecule has 0 fully saturated rings. The van der Waals surface area contributed by atoms with E-state index in [1.54, 1.807) is 31.2 Å². The summed E-state index contributed by atoms with van der Waals surface area (Å²) in [5.74, 6) is -0.551. The second-order valence-corrected chi connectivity index (χ2v) is 10.2. The lowest BCUT2D eigenvalue weighted by Crippen LogP contribution is -2.43. The van der Waals surface area contributed by atoms with Crippen molar-refractivity contribution in [1.29, 1.82) is 0 Å². The van der Waals surface area contributed by atoms with Gasteiger partial charge in [0.05, 0.1) is 31.6 Å². The molecule has 1 aliphatic heterocycles. The fraction of sp³-hybridized carbons (Fsp3) is 0.346. The zero-order valence-electron chi connectivity index (χ0n) is 21.3. The monoisotopic (exact) mass is 544 g/mol. The summed E-state index contributed by atoms with van der Waals surface area (Å²) in [6, 6.07) is 7.83. The zero-order chi connectivity index (χ0) is 27.3. The summed E-state index contributed by atoms with van der Waals surface area (Å²) in [6.45, 7) is 4.24. The summed E-state index contributed by atoms with van der Waals surface area (Å²) in [4.78, 5) is 15.7. The SMILES string of the molecule is CCOc1nn(CC)cc1S(=O)(=O)N1CC(CCC(=O)OC)Oc2ccc(C=Cc3ncccc3F)cc21. The zero-order valence-corrected chi connectivity index (χ0v) is 22.2. The first-order valence-electron chi connectivity index (χ1n) is 12.2. The molecule has 0 spiro atoms. The van der Waals surface area contributed by atoms with Crippen LogP contribution in [0.15, 0.2) is 47.6 Å². The van der Waals surface area contributed by atoms with E-state index in [2.05, 4.69) is 10.1 Å². The van der Waals surface area contributed by atoms with Crippen LogP contribution in [0.1, 0.15) is 37.9 Å². The number of fused-ring (bicyclic) bond motifs is 1. The molecule has 10 nitrogen and oxygen atoms in total. The highest BCUT2D eigenvalue weighted by Crippen LogP contribution is 2.40. The summed E-state index contributed by atoms with van der Waals surface area (Å²) >= 11 is 0. The third-order valence-corrected chi connectivity index (χ3v) is 7.66. The number of sulfonamides is 1. The van der Waals surface area contributed by atoms with Crippen LogP contribution in [0.2, 0.25) is 0 Å². The molecule has 3 aromatic rings. The van der Waals surface area contributed by atoms with Crippen molar-refractivity contribution in [2.75, 3.05) is 24.6 Å². The molecule has 12 heteroatoms. The van der Waals surface area contributed by atoms with E-state index in [9.17, 15) is 17.6 Å². The summed E-state index contributed by atoms with van der Waals surface area (Å²) in [5.41, 5.74) is 1.07. The summed E-state index contributed by atoms with van der Waals surface area (Å²) in [6.07, 6.45) is 5.80. The van der Waals surface area contributed by atoms with Crippen LogP contribution >= 0.6 is 0 Å². The van der Waals surface area contributed by atoms with E-state index in [1.807, 2.05) is 6.92 Å². The van der Waals surface area contributed by atoms with Crippen LogP contribution in [0.5, 0.6) is 11.6 Å². The number of hydrogen-bond donors (Lipinski definition) is 0. The van der Waals surface area contributed by atoms with Gasteiger partial charge in [-0.2, -0.15) is 0 Å². The molecule has 3 heterocycles. The molecule has 1 atom stereocenters. The number of aryl methyl sites for hydroxylation is 1. The Balaban J connectivity index is 1.75. The first-order chi connectivity index (χ1) is 18.3. The number of pyridine rings is 1. The molecule has 0 N–H and O–H groups in total. The first-order valence-corrected chi connectivity index (χ1v) is 13.6. The van der Waals surface area contributed by atoms with Crippen molar-refractivity contribution in [3.8, 4) is 11.6 Å². The highest BCUT2D eigenvalue weighted by atomic mass is 32.2. The van der Waals surface area contributed by atoms with Gasteiger partial charge in [0.1, 0.15) is 17.7 Å². The summed E-state index contributed by atoms with van der Waals surface area (Å²) < 4.78 is 61.1. The highest BCUT2D eigenvalue weighted by Gasteiger charge is 2.37. The lowest BCUT2D eigenvalue weighted by molar-refractivity contribution is -0.141. The van der Waals surface area contributed by atoms with Gasteiger partial charge in [-0.3, -0.25) is 18.8 Å². The lowest BCUT2D eigenvalue weighted by atomic mass is 10.1. The molecule has 4 rings (SSSR count). The first kappa shape index (κ1) is 27.1. The van der Waals surface area contributed by atoms with Crippen molar-refractivity contribution in [1.82, 2.24) is 14.8 Å². The van der Waals surface area contributed by atoms with Gasteiger partial charge in [0, 0.05) is 25.4 Å². The van der Waals surface area contributed by atoms with E-state index >= 15 is 0 Å². The molecule has 0 saturated heterocycles. The van der Waals surface area contributed by atoms with Gasteiger partial charge in [0.25, 0.3) is 15.9 Å². The molecule has 1 aromatic carbocycles. The van der Waals surface area contributed by atoms with Crippen LogP contribution in [-0.4, -0.2) is 55.5 Å². The Labute approximate surface area is 220 Å². The van der Waals surface area contributed by atoms with Crippen LogP contribution in [-0.2, 0) is 26.1 Å². The van der Waals surface area contributed by atoms with Crippen LogP contribution in [0, 0.1) is 5.82 Å². The van der Waals surface area contributed by atoms with E-state index in [4.69, 9.17) is 14.2 Å². The molecule has 0 saturated carbocycles. The quantitative estimate of drug-likeness (QED) is 0.353. The number of ether oxygens (including phenoxy) is 3. The van der Waals surface area contributed by atoms with Gasteiger partial charge in [-0.15, -0.1) is 5.10 Å². The number of halogens is 1. The van der Waals surface area contributed by atoms with Gasteiger partial charge in [0.15, 0.2) is 4.90 Å². The van der Waals surface area contributed by atoms with Gasteiger partial charge in [-0.1, -0.05) is 12.1 Å². The third-order valence-electron chi connectivity index (χ3n) is 5.90. The lowest BCUT2D eigenvalue weighted by Gasteiger charge is -2.35. The predicted octanol–water partition coefficient (Wildman–Crippen LogP) is 3.92. The smallest absolute Gasteiger partial charge is 0.305 e. The summed E-state index contributed by atoms with van der Waals surface area (Å²) in [5, 5.41) is 4.26. The van der Waals surface area contributed by atoms with Crippen LogP contribution in [0.4, 0.5) is 10.1 Å². The van der Waals surface area contributed by atoms with Crippen molar-refractivity contribution < 1.29 is 31.8 Å². The average Bonchev–Trinajstić information content (AvgIpc) is 3.35. The van der Waals surface area contributed by atoms with Gasteiger partial charge >= 0.3 is 5.97 Å². The molecule has 0 bridgehead atoms. The second kappa shape index (κ2) is 11.6. The number of aromatic nitrogens is 3. The van der Waals surface area contributed by atoms with Crippen molar-refractivity contribution >= 4 is 33.8 Å². The number of carbonyl (C=O) groups excluding carboxylic acids is 1. The Bertz CT molecular complexity index is 1440. The van der Waals surface area contributed by atoms with E-state index in [0.717, 1.165) is 0 Å². The molecular weight excluding hydrogens is 515 g/mol. The van der Waals surface area contributed by atoms with E-state index < -0.39 is 27.9 Å². The maximum Gasteiger partial charge on any atom is 0.305 e. The van der Waals surface area contributed by atoms with Gasteiger partial charge in [-0.05, 0) is 56.2 Å². The van der Waals surface area contributed by atoms with Gasteiger partial charge in [0.2, 0.25) is 0 Å². The molecule has 0 radical (unpaired) electrons. The molecular formula is C26H29FN4O6S. The molecule has 38 heavy (non-hydrogen) atoms. The number of carbonyl (C=O) groups is 1. The molecule has 202 valence electrons. The third kappa shape index (κ3) is 5.80. The Morgan fingerprint density at radius 1 is 1.26 bits per heavy atom. The Kier molecular flexibility index (Phi) is 8.30. The highest BCUT2D eigenvalue weighted by molar-refractivity contribution is 7.93. The Morgan fingerprint density at radius 2 is 2.08 bits per heavy atom. The molecule has 1 unspecified atom stereocenters. The normalized spacial score (nSPS) is 15.3. The maximum absolute atomic E-state index is 14.0. The predicted molar refractivity (Wildman–Crippen MR) is 139 cm³/mol. The van der Waals surface area contributed by atoms with Gasteiger partial charge in [-0.25, -0.2) is 12.8 Å². The second-order valence-electron chi connectivity index (χ2n) is 8.41. The molecule has 0 aliphatic carbocycles. The minimum absolute atomic E-state index is 0.00943. The van der Waals surface area contributed by atoms with Crippen LogP contribution in [0.3, 0.4) is 0 Å². The Hall–Kier alpha value is -3.93. The minimum atomic E-state index is -4.15. The topological polar surface area (TPSA) is 113 Å².